The predicted molar refractivity (Wildman–Crippen MR) is 110 cm³/mol. The molecule has 1 aromatic carbocycles. The average Bonchev–Trinajstić information content (AvgIpc) is 3.37. The van der Waals surface area contributed by atoms with Crippen molar-refractivity contribution in [1.82, 2.24) is 20.1 Å². The molecule has 3 aromatic heterocycles. The highest BCUT2D eigenvalue weighted by atomic mass is 19.4. The molecule has 0 unspecified atom stereocenters. The highest BCUT2D eigenvalue weighted by Crippen LogP contribution is 2.37. The lowest BCUT2D eigenvalue weighted by atomic mass is 10.1. The third-order valence-corrected chi connectivity index (χ3v) is 4.64. The number of pyridine rings is 1. The smallest absolute Gasteiger partial charge is 0.421 e. The van der Waals surface area contributed by atoms with Crippen molar-refractivity contribution >= 4 is 17.2 Å². The van der Waals surface area contributed by atoms with Crippen LogP contribution >= 0.6 is 0 Å². The molecule has 32 heavy (non-hydrogen) atoms. The fourth-order valence-electron chi connectivity index (χ4n) is 3.23. The molecule has 0 saturated carbocycles. The number of ether oxygens (including phenoxy) is 1. The molecule has 0 aliphatic carbocycles. The van der Waals surface area contributed by atoms with Crippen molar-refractivity contribution in [3.05, 3.63) is 47.8 Å². The first-order valence-corrected chi connectivity index (χ1v) is 9.88. The van der Waals surface area contributed by atoms with E-state index in [4.69, 9.17) is 9.26 Å². The van der Waals surface area contributed by atoms with Gasteiger partial charge in [0, 0.05) is 34.8 Å². The Morgan fingerprint density at radius 2 is 2.00 bits per heavy atom. The number of hydrogen-bond donors (Lipinski definition) is 1. The largest absolute Gasteiger partial charge is 0.475 e. The van der Waals surface area contributed by atoms with Gasteiger partial charge in [-0.2, -0.15) is 18.2 Å². The second-order valence-corrected chi connectivity index (χ2v) is 7.47. The maximum atomic E-state index is 13.5. The van der Waals surface area contributed by atoms with E-state index in [-0.39, 0.29) is 17.3 Å². The van der Waals surface area contributed by atoms with Crippen molar-refractivity contribution in [2.75, 3.05) is 0 Å². The molecule has 0 spiro atoms. The summed E-state index contributed by atoms with van der Waals surface area (Å²) in [5, 5.41) is 4.80. The first kappa shape index (κ1) is 21.5. The van der Waals surface area contributed by atoms with Gasteiger partial charge in [0.15, 0.2) is 0 Å². The van der Waals surface area contributed by atoms with Gasteiger partial charge in [-0.25, -0.2) is 4.98 Å². The topological polar surface area (TPSA) is 93.9 Å². The van der Waals surface area contributed by atoms with Crippen molar-refractivity contribution in [2.24, 2.45) is 0 Å². The number of carbonyl (C=O) groups excluding carboxylic acids is 1. The summed E-state index contributed by atoms with van der Waals surface area (Å²) in [6.07, 6.45) is -2.03. The number of aromatic nitrogens is 4. The Morgan fingerprint density at radius 1 is 1.19 bits per heavy atom. The van der Waals surface area contributed by atoms with Crippen LogP contribution in [0.1, 0.15) is 31.5 Å². The summed E-state index contributed by atoms with van der Waals surface area (Å²) in [4.78, 5) is 21.9. The maximum Gasteiger partial charge on any atom is 0.421 e. The van der Waals surface area contributed by atoms with Gasteiger partial charge in [-0.3, -0.25) is 0 Å². The normalized spacial score (nSPS) is 11.9. The number of fused-ring (bicyclic) bond motifs is 1. The van der Waals surface area contributed by atoms with Crippen molar-refractivity contribution in [1.29, 1.82) is 0 Å². The van der Waals surface area contributed by atoms with Crippen LogP contribution in [0.15, 0.2) is 41.1 Å². The quantitative estimate of drug-likeness (QED) is 0.393. The molecule has 0 saturated heterocycles. The van der Waals surface area contributed by atoms with Crippen molar-refractivity contribution in [2.45, 2.75) is 39.0 Å². The van der Waals surface area contributed by atoms with Crippen LogP contribution in [0.2, 0.25) is 0 Å². The van der Waals surface area contributed by atoms with Gasteiger partial charge in [0.05, 0.1) is 11.7 Å². The summed E-state index contributed by atoms with van der Waals surface area (Å²) < 4.78 is 50.8. The van der Waals surface area contributed by atoms with Gasteiger partial charge in [0.1, 0.15) is 11.8 Å². The van der Waals surface area contributed by atoms with E-state index in [1.807, 2.05) is 18.2 Å². The van der Waals surface area contributed by atoms with E-state index in [0.29, 0.717) is 18.4 Å². The number of aldehydes is 1. The zero-order chi connectivity index (χ0) is 22.9. The summed E-state index contributed by atoms with van der Waals surface area (Å²) in [7, 11) is 0. The molecule has 0 aliphatic heterocycles. The van der Waals surface area contributed by atoms with Crippen LogP contribution in [-0.4, -0.2) is 32.5 Å². The minimum atomic E-state index is -4.66. The van der Waals surface area contributed by atoms with Crippen LogP contribution in [0.3, 0.4) is 0 Å². The highest BCUT2D eigenvalue weighted by Gasteiger charge is 2.36. The fraction of sp³-hybridized carbons (Fsp3) is 0.273. The van der Waals surface area contributed by atoms with Crippen molar-refractivity contribution in [3.63, 3.8) is 0 Å². The number of aromatic amines is 1. The molecule has 3 heterocycles. The van der Waals surface area contributed by atoms with Crippen LogP contribution in [0, 0.1) is 0 Å². The number of halogens is 3. The lowest BCUT2D eigenvalue weighted by molar-refractivity contribution is -0.139. The lowest BCUT2D eigenvalue weighted by Gasteiger charge is -2.15. The molecular formula is C22H19F3N4O3. The van der Waals surface area contributed by atoms with Gasteiger partial charge in [0.25, 0.3) is 5.89 Å². The summed E-state index contributed by atoms with van der Waals surface area (Å²) in [5.74, 6) is -0.358. The molecule has 0 atom stereocenters. The maximum absolute atomic E-state index is 13.5. The molecule has 0 radical (unpaired) electrons. The van der Waals surface area contributed by atoms with Crippen LogP contribution in [0.25, 0.3) is 33.7 Å². The zero-order valence-electron chi connectivity index (χ0n) is 17.2. The molecule has 1 N–H and O–H groups in total. The molecule has 10 heteroatoms. The summed E-state index contributed by atoms with van der Waals surface area (Å²) >= 11 is 0. The fourth-order valence-corrected chi connectivity index (χ4v) is 3.23. The van der Waals surface area contributed by atoms with E-state index >= 15 is 0 Å². The number of nitrogens with one attached hydrogen (secondary N) is 1. The molecule has 0 bridgehead atoms. The van der Waals surface area contributed by atoms with Gasteiger partial charge in [-0.05, 0) is 50.6 Å². The molecular weight excluding hydrogens is 425 g/mol. The molecule has 4 rings (SSSR count). The SMILES string of the molecule is CC(C)Oc1ncc(-c2nc(-c3ccc4[nH]c(CCC=O)cc4c3)no2)cc1C(F)(F)F. The van der Waals surface area contributed by atoms with Gasteiger partial charge in [-0.15, -0.1) is 0 Å². The lowest BCUT2D eigenvalue weighted by Crippen LogP contribution is -2.14. The van der Waals surface area contributed by atoms with Crippen molar-refractivity contribution in [3.8, 4) is 28.7 Å². The molecule has 0 amide bonds. The molecule has 0 fully saturated rings. The number of nitrogens with zero attached hydrogens (tertiary/aromatic N) is 3. The number of hydrogen-bond acceptors (Lipinski definition) is 6. The minimum Gasteiger partial charge on any atom is -0.475 e. The molecule has 4 aromatic rings. The second-order valence-electron chi connectivity index (χ2n) is 7.47. The summed E-state index contributed by atoms with van der Waals surface area (Å²) in [6.45, 7) is 3.24. The third-order valence-electron chi connectivity index (χ3n) is 4.64. The van der Waals surface area contributed by atoms with Gasteiger partial charge < -0.3 is 19.0 Å². The van der Waals surface area contributed by atoms with Crippen LogP contribution < -0.4 is 4.74 Å². The second kappa shape index (κ2) is 8.45. The molecule has 7 nitrogen and oxygen atoms in total. The number of H-pyrrole nitrogens is 1. The number of alkyl halides is 3. The van der Waals surface area contributed by atoms with Crippen molar-refractivity contribution < 1.29 is 27.2 Å². The van der Waals surface area contributed by atoms with E-state index in [1.165, 1.54) is 6.20 Å². The van der Waals surface area contributed by atoms with E-state index in [2.05, 4.69) is 20.1 Å². The zero-order valence-corrected chi connectivity index (χ0v) is 17.2. The standard InChI is InChI=1S/C22H19F3N4O3/c1-12(2)31-21-17(22(23,24)25)10-15(11-26-21)20-28-19(29-32-20)13-5-6-18-14(8-13)9-16(27-18)4-3-7-30/h5-12,27H,3-4H2,1-2H3. The van der Waals surface area contributed by atoms with E-state index in [1.54, 1.807) is 19.9 Å². The molecule has 166 valence electrons. The average molecular weight is 444 g/mol. The van der Waals surface area contributed by atoms with Gasteiger partial charge >= 0.3 is 6.18 Å². The van der Waals surface area contributed by atoms with E-state index in [0.717, 1.165) is 28.9 Å². The van der Waals surface area contributed by atoms with Crippen LogP contribution in [-0.2, 0) is 17.4 Å². The van der Waals surface area contributed by atoms with Crippen LogP contribution in [0.4, 0.5) is 13.2 Å². The monoisotopic (exact) mass is 444 g/mol. The van der Waals surface area contributed by atoms with Gasteiger partial charge in [-0.1, -0.05) is 5.16 Å². The Morgan fingerprint density at radius 3 is 2.72 bits per heavy atom. The highest BCUT2D eigenvalue weighted by molar-refractivity contribution is 5.85. The number of aryl methyl sites for hydroxylation is 1. The van der Waals surface area contributed by atoms with Crippen LogP contribution in [0.5, 0.6) is 5.88 Å². The number of carbonyl (C=O) groups is 1. The summed E-state index contributed by atoms with van der Waals surface area (Å²) in [5.41, 5.74) is 1.47. The van der Waals surface area contributed by atoms with E-state index in [9.17, 15) is 18.0 Å². The summed E-state index contributed by atoms with van der Waals surface area (Å²) in [6, 6.07) is 8.26. The predicted octanol–water partition coefficient (Wildman–Crippen LogP) is 5.22. The van der Waals surface area contributed by atoms with Gasteiger partial charge in [0.2, 0.25) is 11.7 Å². The number of rotatable bonds is 7. The minimum absolute atomic E-state index is 0.0334. The Kier molecular flexibility index (Phi) is 5.68. The Labute approximate surface area is 180 Å². The Balaban J connectivity index is 1.65. The Hall–Kier alpha value is -3.69. The first-order valence-electron chi connectivity index (χ1n) is 9.88. The van der Waals surface area contributed by atoms with E-state index < -0.39 is 23.7 Å². The Bertz CT molecular complexity index is 1260. The first-order chi connectivity index (χ1) is 15.2. The molecule has 0 aliphatic rings. The third kappa shape index (κ3) is 4.48. The number of benzene rings is 1.